The number of benzene rings is 2. The highest BCUT2D eigenvalue weighted by molar-refractivity contribution is 9.10. The number of sulfonamides is 1. The Morgan fingerprint density at radius 1 is 1.14 bits per heavy atom. The zero-order chi connectivity index (χ0) is 15.0. The number of anilines is 1. The predicted octanol–water partition coefficient (Wildman–Crippen LogP) is 3.90. The van der Waals surface area contributed by atoms with Crippen LogP contribution in [0.5, 0.6) is 0 Å². The van der Waals surface area contributed by atoms with Crippen molar-refractivity contribution in [2.75, 3.05) is 10.8 Å². The molecule has 1 aliphatic rings. The van der Waals surface area contributed by atoms with Crippen LogP contribution in [0.2, 0.25) is 0 Å². The van der Waals surface area contributed by atoms with Crippen LogP contribution in [0.3, 0.4) is 0 Å². The van der Waals surface area contributed by atoms with E-state index in [1.165, 1.54) is 4.31 Å². The van der Waals surface area contributed by atoms with Gasteiger partial charge in [-0.05, 0) is 49.6 Å². The number of aryl methyl sites for hydroxylation is 2. The summed E-state index contributed by atoms with van der Waals surface area (Å²) >= 11 is 3.34. The van der Waals surface area contributed by atoms with Gasteiger partial charge < -0.3 is 0 Å². The van der Waals surface area contributed by atoms with Gasteiger partial charge in [-0.2, -0.15) is 0 Å². The van der Waals surface area contributed by atoms with Crippen molar-refractivity contribution in [1.82, 2.24) is 0 Å². The minimum absolute atomic E-state index is 0.324. The largest absolute Gasteiger partial charge is 0.266 e. The van der Waals surface area contributed by atoms with E-state index in [1.807, 2.05) is 25.1 Å². The molecule has 1 aliphatic heterocycles. The number of hydrogen-bond acceptors (Lipinski definition) is 2. The smallest absolute Gasteiger partial charge is 0.264 e. The first-order chi connectivity index (χ1) is 9.98. The standard InChI is InChI=1S/C16H16BrNO2S/c1-12-7-8-16-13(10-12)4-3-9-18(16)21(19,20)15-6-2-5-14(17)11-15/h2,5-8,10-11H,3-4,9H2,1H3. The number of halogens is 1. The Balaban J connectivity index is 2.09. The Hall–Kier alpha value is -1.33. The number of nitrogens with zero attached hydrogens (tertiary/aromatic N) is 1. The highest BCUT2D eigenvalue weighted by Crippen LogP contribution is 2.33. The molecule has 0 aromatic heterocycles. The van der Waals surface area contributed by atoms with Crippen molar-refractivity contribution < 1.29 is 8.42 Å². The quantitative estimate of drug-likeness (QED) is 0.809. The van der Waals surface area contributed by atoms with Crippen molar-refractivity contribution in [3.05, 3.63) is 58.1 Å². The van der Waals surface area contributed by atoms with Gasteiger partial charge >= 0.3 is 0 Å². The Morgan fingerprint density at radius 3 is 2.71 bits per heavy atom. The van der Waals surface area contributed by atoms with Gasteiger partial charge in [0.1, 0.15) is 0 Å². The van der Waals surface area contributed by atoms with Crippen LogP contribution in [0.15, 0.2) is 51.8 Å². The first-order valence-electron chi connectivity index (χ1n) is 6.86. The fourth-order valence-corrected chi connectivity index (χ4v) is 4.83. The van der Waals surface area contributed by atoms with Gasteiger partial charge in [0.25, 0.3) is 10.0 Å². The fourth-order valence-electron chi connectivity index (χ4n) is 2.70. The lowest BCUT2D eigenvalue weighted by Gasteiger charge is -2.30. The maximum absolute atomic E-state index is 12.9. The van der Waals surface area contributed by atoms with Crippen LogP contribution in [0, 0.1) is 6.92 Å². The van der Waals surface area contributed by atoms with Crippen molar-refractivity contribution in [1.29, 1.82) is 0 Å². The van der Waals surface area contributed by atoms with Crippen molar-refractivity contribution in [2.45, 2.75) is 24.7 Å². The maximum atomic E-state index is 12.9. The van der Waals surface area contributed by atoms with Gasteiger partial charge in [-0.3, -0.25) is 4.31 Å². The highest BCUT2D eigenvalue weighted by atomic mass is 79.9. The van der Waals surface area contributed by atoms with Gasteiger partial charge in [-0.1, -0.05) is 39.7 Å². The molecule has 0 saturated heterocycles. The third-order valence-corrected chi connectivity index (χ3v) is 6.00. The van der Waals surface area contributed by atoms with Gasteiger partial charge in [-0.25, -0.2) is 8.42 Å². The normalized spacial score (nSPS) is 14.9. The summed E-state index contributed by atoms with van der Waals surface area (Å²) in [4.78, 5) is 0.324. The van der Waals surface area contributed by atoms with Crippen LogP contribution in [0.25, 0.3) is 0 Å². The molecule has 0 radical (unpaired) electrons. The molecule has 0 unspecified atom stereocenters. The monoisotopic (exact) mass is 365 g/mol. The molecular formula is C16H16BrNO2S. The topological polar surface area (TPSA) is 37.4 Å². The van der Waals surface area contributed by atoms with Crippen LogP contribution in [0.4, 0.5) is 5.69 Å². The third kappa shape index (κ3) is 2.72. The molecule has 3 nitrogen and oxygen atoms in total. The molecule has 0 saturated carbocycles. The highest BCUT2D eigenvalue weighted by Gasteiger charge is 2.29. The lowest BCUT2D eigenvalue weighted by molar-refractivity contribution is 0.586. The van der Waals surface area contributed by atoms with Crippen LogP contribution in [-0.4, -0.2) is 15.0 Å². The predicted molar refractivity (Wildman–Crippen MR) is 88.2 cm³/mol. The summed E-state index contributed by atoms with van der Waals surface area (Å²) in [6, 6.07) is 12.8. The third-order valence-electron chi connectivity index (χ3n) is 3.70. The second-order valence-corrected chi connectivity index (χ2v) is 8.05. The van der Waals surface area contributed by atoms with Crippen molar-refractivity contribution in [2.24, 2.45) is 0 Å². The van der Waals surface area contributed by atoms with Crippen LogP contribution < -0.4 is 4.31 Å². The molecule has 0 bridgehead atoms. The van der Waals surface area contributed by atoms with Gasteiger partial charge in [0.15, 0.2) is 0 Å². The van der Waals surface area contributed by atoms with E-state index < -0.39 is 10.0 Å². The van der Waals surface area contributed by atoms with E-state index in [0.717, 1.165) is 34.1 Å². The Bertz CT molecular complexity index is 787. The van der Waals surface area contributed by atoms with Crippen molar-refractivity contribution in [3.63, 3.8) is 0 Å². The fraction of sp³-hybridized carbons (Fsp3) is 0.250. The summed E-state index contributed by atoms with van der Waals surface area (Å²) < 4.78 is 28.1. The van der Waals surface area contributed by atoms with Gasteiger partial charge in [0, 0.05) is 11.0 Å². The molecular weight excluding hydrogens is 350 g/mol. The van der Waals surface area contributed by atoms with Gasteiger partial charge in [0.05, 0.1) is 10.6 Å². The summed E-state index contributed by atoms with van der Waals surface area (Å²) in [6.45, 7) is 2.56. The van der Waals surface area contributed by atoms with Crippen LogP contribution in [0.1, 0.15) is 17.5 Å². The average Bonchev–Trinajstić information content (AvgIpc) is 2.46. The molecule has 5 heteroatoms. The molecule has 1 heterocycles. The van der Waals surface area contributed by atoms with E-state index >= 15 is 0 Å². The van der Waals surface area contributed by atoms with Gasteiger partial charge in [0.2, 0.25) is 0 Å². The molecule has 2 aromatic carbocycles. The van der Waals surface area contributed by atoms with E-state index in [-0.39, 0.29) is 0 Å². The zero-order valence-electron chi connectivity index (χ0n) is 11.7. The number of hydrogen-bond donors (Lipinski definition) is 0. The molecule has 21 heavy (non-hydrogen) atoms. The Labute approximate surface area is 133 Å². The second-order valence-electron chi connectivity index (χ2n) is 5.27. The molecule has 0 amide bonds. The van der Waals surface area contributed by atoms with Crippen molar-refractivity contribution in [3.8, 4) is 0 Å². The minimum Gasteiger partial charge on any atom is -0.266 e. The molecule has 0 N–H and O–H groups in total. The minimum atomic E-state index is -3.51. The van der Waals surface area contributed by atoms with E-state index in [1.54, 1.807) is 18.2 Å². The molecule has 2 aromatic rings. The van der Waals surface area contributed by atoms with Crippen LogP contribution in [-0.2, 0) is 16.4 Å². The molecule has 0 atom stereocenters. The summed E-state index contributed by atoms with van der Waals surface area (Å²) in [7, 11) is -3.51. The van der Waals surface area contributed by atoms with Gasteiger partial charge in [-0.15, -0.1) is 0 Å². The number of fused-ring (bicyclic) bond motifs is 1. The Morgan fingerprint density at radius 2 is 1.95 bits per heavy atom. The van der Waals surface area contributed by atoms with E-state index in [4.69, 9.17) is 0 Å². The molecule has 0 fully saturated rings. The SMILES string of the molecule is Cc1ccc2c(c1)CCCN2S(=O)(=O)c1cccc(Br)c1. The molecule has 3 rings (SSSR count). The summed E-state index contributed by atoms with van der Waals surface area (Å²) in [5.74, 6) is 0. The van der Waals surface area contributed by atoms with E-state index in [9.17, 15) is 8.42 Å². The molecule has 110 valence electrons. The Kier molecular flexibility index (Phi) is 3.80. The summed E-state index contributed by atoms with van der Waals surface area (Å²) in [6.07, 6.45) is 1.78. The molecule has 0 aliphatic carbocycles. The summed E-state index contributed by atoms with van der Waals surface area (Å²) in [5.41, 5.74) is 3.09. The lowest BCUT2D eigenvalue weighted by Crippen LogP contribution is -2.35. The average molecular weight is 366 g/mol. The van der Waals surface area contributed by atoms with Crippen molar-refractivity contribution >= 4 is 31.6 Å². The molecule has 0 spiro atoms. The number of rotatable bonds is 2. The van der Waals surface area contributed by atoms with Crippen LogP contribution >= 0.6 is 15.9 Å². The zero-order valence-corrected chi connectivity index (χ0v) is 14.1. The maximum Gasteiger partial charge on any atom is 0.264 e. The second kappa shape index (κ2) is 5.46. The van der Waals surface area contributed by atoms with E-state index in [2.05, 4.69) is 22.0 Å². The summed E-state index contributed by atoms with van der Waals surface area (Å²) in [5, 5.41) is 0. The first-order valence-corrected chi connectivity index (χ1v) is 9.09. The lowest BCUT2D eigenvalue weighted by atomic mass is 10.0. The first kappa shape index (κ1) is 14.6. The van der Waals surface area contributed by atoms with E-state index in [0.29, 0.717) is 11.4 Å².